The van der Waals surface area contributed by atoms with Crippen LogP contribution in [0.25, 0.3) is 0 Å². The first-order valence-electron chi connectivity index (χ1n) is 6.26. The van der Waals surface area contributed by atoms with Crippen LogP contribution in [-0.4, -0.2) is 19.3 Å². The van der Waals surface area contributed by atoms with Crippen molar-refractivity contribution >= 4 is 15.9 Å². The number of hydrogen-bond donors (Lipinski definition) is 1. The van der Waals surface area contributed by atoms with Crippen LogP contribution in [0.2, 0.25) is 0 Å². The van der Waals surface area contributed by atoms with Crippen molar-refractivity contribution in [3.8, 4) is 11.5 Å². The normalized spacial score (nSPS) is 21.1. The fraction of sp³-hybridized carbons (Fsp3) is 0.571. The molecule has 4 heteroatoms. The van der Waals surface area contributed by atoms with Crippen LogP contribution in [0.5, 0.6) is 11.5 Å². The molecule has 2 rings (SSSR count). The first kappa shape index (κ1) is 13.7. The quantitative estimate of drug-likeness (QED) is 0.923. The van der Waals surface area contributed by atoms with E-state index in [4.69, 9.17) is 9.47 Å². The predicted molar refractivity (Wildman–Crippen MR) is 76.4 cm³/mol. The Morgan fingerprint density at radius 1 is 1.50 bits per heavy atom. The SMILES string of the molecule is CCNC1CC(C)(C)Oc2c(Br)cc(OC)cc21. The Kier molecular flexibility index (Phi) is 3.87. The van der Waals surface area contributed by atoms with Crippen LogP contribution < -0.4 is 14.8 Å². The summed E-state index contributed by atoms with van der Waals surface area (Å²) < 4.78 is 12.4. The number of hydrogen-bond acceptors (Lipinski definition) is 3. The first-order valence-corrected chi connectivity index (χ1v) is 7.06. The maximum Gasteiger partial charge on any atom is 0.139 e. The van der Waals surface area contributed by atoms with Gasteiger partial charge in [0.05, 0.1) is 11.6 Å². The molecule has 0 bridgehead atoms. The summed E-state index contributed by atoms with van der Waals surface area (Å²) in [5.74, 6) is 1.78. The highest BCUT2D eigenvalue weighted by Gasteiger charge is 2.34. The molecule has 0 radical (unpaired) electrons. The molecule has 0 saturated heterocycles. The molecule has 3 nitrogen and oxygen atoms in total. The van der Waals surface area contributed by atoms with Gasteiger partial charge in [-0.25, -0.2) is 0 Å². The highest BCUT2D eigenvalue weighted by Crippen LogP contribution is 2.45. The van der Waals surface area contributed by atoms with E-state index in [-0.39, 0.29) is 5.60 Å². The fourth-order valence-corrected chi connectivity index (χ4v) is 2.96. The molecule has 1 atom stereocenters. The zero-order valence-electron chi connectivity index (χ0n) is 11.3. The Labute approximate surface area is 117 Å². The van der Waals surface area contributed by atoms with Gasteiger partial charge >= 0.3 is 0 Å². The van der Waals surface area contributed by atoms with Crippen molar-refractivity contribution in [2.24, 2.45) is 0 Å². The summed E-state index contributed by atoms with van der Waals surface area (Å²) >= 11 is 3.57. The zero-order valence-corrected chi connectivity index (χ0v) is 12.9. The largest absolute Gasteiger partial charge is 0.497 e. The summed E-state index contributed by atoms with van der Waals surface area (Å²) in [7, 11) is 1.68. The second-order valence-corrected chi connectivity index (χ2v) is 6.06. The summed E-state index contributed by atoms with van der Waals surface area (Å²) in [4.78, 5) is 0. The van der Waals surface area contributed by atoms with Gasteiger partial charge in [-0.15, -0.1) is 0 Å². The lowest BCUT2D eigenvalue weighted by atomic mass is 9.89. The molecular weight excluding hydrogens is 294 g/mol. The number of fused-ring (bicyclic) bond motifs is 1. The molecule has 0 amide bonds. The molecule has 0 aromatic heterocycles. The van der Waals surface area contributed by atoms with Gasteiger partial charge in [0.15, 0.2) is 0 Å². The average molecular weight is 314 g/mol. The van der Waals surface area contributed by atoms with Crippen LogP contribution in [-0.2, 0) is 0 Å². The van der Waals surface area contributed by atoms with Gasteiger partial charge in [-0.1, -0.05) is 6.92 Å². The van der Waals surface area contributed by atoms with Crippen molar-refractivity contribution < 1.29 is 9.47 Å². The molecule has 1 aliphatic rings. The number of ether oxygens (including phenoxy) is 2. The summed E-state index contributed by atoms with van der Waals surface area (Å²) in [5, 5.41) is 3.52. The van der Waals surface area contributed by atoms with Crippen LogP contribution >= 0.6 is 15.9 Å². The molecule has 1 N–H and O–H groups in total. The Bertz CT molecular complexity index is 446. The van der Waals surface area contributed by atoms with Crippen LogP contribution in [0.4, 0.5) is 0 Å². The Hall–Kier alpha value is -0.740. The molecule has 100 valence electrons. The molecule has 1 aromatic carbocycles. The summed E-state index contributed by atoms with van der Waals surface area (Å²) in [6.45, 7) is 7.31. The van der Waals surface area contributed by atoms with Gasteiger partial charge in [0, 0.05) is 18.0 Å². The molecule has 0 aliphatic carbocycles. The van der Waals surface area contributed by atoms with Gasteiger partial charge in [-0.2, -0.15) is 0 Å². The minimum absolute atomic E-state index is 0.156. The van der Waals surface area contributed by atoms with Crippen LogP contribution in [0.1, 0.15) is 38.8 Å². The fourth-order valence-electron chi connectivity index (χ4n) is 2.42. The van der Waals surface area contributed by atoms with E-state index in [1.807, 2.05) is 6.07 Å². The third kappa shape index (κ3) is 2.64. The molecule has 18 heavy (non-hydrogen) atoms. The number of nitrogens with one attached hydrogen (secondary N) is 1. The molecule has 1 aromatic rings. The lowest BCUT2D eigenvalue weighted by Gasteiger charge is -2.38. The monoisotopic (exact) mass is 313 g/mol. The maximum absolute atomic E-state index is 6.08. The summed E-state index contributed by atoms with van der Waals surface area (Å²) in [5.41, 5.74) is 1.01. The van der Waals surface area contributed by atoms with Gasteiger partial charge in [0.1, 0.15) is 17.1 Å². The van der Waals surface area contributed by atoms with Crippen molar-refractivity contribution in [3.63, 3.8) is 0 Å². The van der Waals surface area contributed by atoms with Crippen molar-refractivity contribution in [2.75, 3.05) is 13.7 Å². The molecule has 0 saturated carbocycles. The number of methoxy groups -OCH3 is 1. The highest BCUT2D eigenvalue weighted by molar-refractivity contribution is 9.10. The predicted octanol–water partition coefficient (Wildman–Crippen LogP) is 3.67. The van der Waals surface area contributed by atoms with Gasteiger partial charge in [0.2, 0.25) is 0 Å². The summed E-state index contributed by atoms with van der Waals surface area (Å²) in [6.07, 6.45) is 0.952. The highest BCUT2D eigenvalue weighted by atomic mass is 79.9. The van der Waals surface area contributed by atoms with Crippen molar-refractivity contribution in [1.29, 1.82) is 0 Å². The standard InChI is InChI=1S/C14H20BrNO2/c1-5-16-12-8-14(2,3)18-13-10(12)6-9(17-4)7-11(13)15/h6-7,12,16H,5,8H2,1-4H3. The number of rotatable bonds is 3. The van der Waals surface area contributed by atoms with E-state index in [1.165, 1.54) is 5.56 Å². The van der Waals surface area contributed by atoms with Crippen LogP contribution in [0.15, 0.2) is 16.6 Å². The molecule has 1 heterocycles. The lowest BCUT2D eigenvalue weighted by Crippen LogP contribution is -2.39. The Morgan fingerprint density at radius 2 is 2.22 bits per heavy atom. The number of halogens is 1. The Morgan fingerprint density at radius 3 is 2.83 bits per heavy atom. The Balaban J connectivity index is 2.48. The van der Waals surface area contributed by atoms with E-state index >= 15 is 0 Å². The third-order valence-corrected chi connectivity index (χ3v) is 3.77. The van der Waals surface area contributed by atoms with E-state index in [2.05, 4.69) is 48.1 Å². The first-order chi connectivity index (χ1) is 8.46. The minimum Gasteiger partial charge on any atom is -0.497 e. The van der Waals surface area contributed by atoms with E-state index in [0.29, 0.717) is 6.04 Å². The molecule has 0 fully saturated rings. The zero-order chi connectivity index (χ0) is 13.3. The third-order valence-electron chi connectivity index (χ3n) is 3.18. The van der Waals surface area contributed by atoms with E-state index in [9.17, 15) is 0 Å². The van der Waals surface area contributed by atoms with Gasteiger partial charge in [-0.3, -0.25) is 0 Å². The molecule has 0 spiro atoms. The maximum atomic E-state index is 6.08. The van der Waals surface area contributed by atoms with Gasteiger partial charge in [0.25, 0.3) is 0 Å². The van der Waals surface area contributed by atoms with E-state index < -0.39 is 0 Å². The van der Waals surface area contributed by atoms with Gasteiger partial charge in [-0.05, 0) is 48.5 Å². The molecule has 1 aliphatic heterocycles. The number of benzene rings is 1. The van der Waals surface area contributed by atoms with E-state index in [1.54, 1.807) is 7.11 Å². The van der Waals surface area contributed by atoms with Crippen LogP contribution in [0, 0.1) is 0 Å². The van der Waals surface area contributed by atoms with Gasteiger partial charge < -0.3 is 14.8 Å². The molecule has 1 unspecified atom stereocenters. The summed E-state index contributed by atoms with van der Waals surface area (Å²) in [6, 6.07) is 4.31. The minimum atomic E-state index is -0.156. The second-order valence-electron chi connectivity index (χ2n) is 5.20. The topological polar surface area (TPSA) is 30.5 Å². The molecular formula is C14H20BrNO2. The van der Waals surface area contributed by atoms with Crippen molar-refractivity contribution in [1.82, 2.24) is 5.32 Å². The van der Waals surface area contributed by atoms with Crippen molar-refractivity contribution in [3.05, 3.63) is 22.2 Å². The van der Waals surface area contributed by atoms with E-state index in [0.717, 1.165) is 28.9 Å². The van der Waals surface area contributed by atoms with Crippen LogP contribution in [0.3, 0.4) is 0 Å². The van der Waals surface area contributed by atoms with Crippen molar-refractivity contribution in [2.45, 2.75) is 38.8 Å². The smallest absolute Gasteiger partial charge is 0.139 e. The lowest BCUT2D eigenvalue weighted by molar-refractivity contribution is 0.0652. The average Bonchev–Trinajstić information content (AvgIpc) is 2.29. The second kappa shape index (κ2) is 5.10.